The van der Waals surface area contributed by atoms with Gasteiger partial charge in [0.2, 0.25) is 0 Å². The third-order valence-electron chi connectivity index (χ3n) is 2.58. The molecule has 0 aliphatic carbocycles. The van der Waals surface area contributed by atoms with Gasteiger partial charge >= 0.3 is 13.6 Å². The van der Waals surface area contributed by atoms with Crippen LogP contribution < -0.4 is 0 Å². The maximum Gasteiger partial charge on any atom is 0.337 e. The van der Waals surface area contributed by atoms with Crippen LogP contribution >= 0.6 is 7.60 Å². The normalized spacial score (nSPS) is 11.3. The van der Waals surface area contributed by atoms with Crippen LogP contribution in [0.25, 0.3) is 0 Å². The van der Waals surface area contributed by atoms with Crippen LogP contribution in [-0.2, 0) is 27.9 Å². The van der Waals surface area contributed by atoms with Gasteiger partial charge in [0.25, 0.3) is 0 Å². The molecule has 0 atom stereocenters. The highest BCUT2D eigenvalue weighted by Gasteiger charge is 2.24. The predicted octanol–water partition coefficient (Wildman–Crippen LogP) is 2.56. The number of hydrogen-bond donors (Lipinski definition) is 0. The van der Waals surface area contributed by atoms with Crippen molar-refractivity contribution in [1.82, 2.24) is 0 Å². The van der Waals surface area contributed by atoms with Crippen molar-refractivity contribution < 1.29 is 27.9 Å². The van der Waals surface area contributed by atoms with Crippen molar-refractivity contribution in [3.05, 3.63) is 0 Å². The minimum Gasteiger partial charge on any atom is -0.466 e. The van der Waals surface area contributed by atoms with Gasteiger partial charge in [-0.05, 0) is 12.8 Å². The lowest BCUT2D eigenvalue weighted by atomic mass is 10.1. The van der Waals surface area contributed by atoms with E-state index >= 15 is 0 Å². The second-order valence-electron chi connectivity index (χ2n) is 4.18. The van der Waals surface area contributed by atoms with Crippen LogP contribution in [0.1, 0.15) is 39.0 Å². The summed E-state index contributed by atoms with van der Waals surface area (Å²) in [5, 5.41) is 0. The van der Waals surface area contributed by atoms with Gasteiger partial charge in [-0.25, -0.2) is 0 Å². The van der Waals surface area contributed by atoms with Gasteiger partial charge in [-0.1, -0.05) is 12.8 Å². The predicted molar refractivity (Wildman–Crippen MR) is 71.2 cm³/mol. The maximum absolute atomic E-state index is 11.7. The van der Waals surface area contributed by atoms with Crippen molar-refractivity contribution in [2.75, 3.05) is 27.0 Å². The molecule has 0 fully saturated rings. The Morgan fingerprint density at radius 1 is 1.00 bits per heavy atom. The number of Topliss-reactive ketones (excluding diaryl/α,β-unsaturated/α-hetero) is 1. The van der Waals surface area contributed by atoms with Crippen LogP contribution in [0.3, 0.4) is 0 Å². The molecule has 112 valence electrons. The summed E-state index contributed by atoms with van der Waals surface area (Å²) in [6, 6.07) is 0. The molecule has 0 saturated carbocycles. The van der Waals surface area contributed by atoms with Crippen LogP contribution in [0.2, 0.25) is 0 Å². The van der Waals surface area contributed by atoms with Gasteiger partial charge in [0.1, 0.15) is 11.9 Å². The van der Waals surface area contributed by atoms with Gasteiger partial charge < -0.3 is 13.8 Å². The third kappa shape index (κ3) is 9.82. The van der Waals surface area contributed by atoms with Crippen molar-refractivity contribution in [3.63, 3.8) is 0 Å². The molecular formula is C12H23O6P. The standard InChI is InChI=1S/C12H23O6P/c1-11(13)18-9-7-5-4-6-8-12(14)10-19(15,16-2)17-3/h4-10H2,1-3H3. The van der Waals surface area contributed by atoms with Gasteiger partial charge in [0.05, 0.1) is 6.61 Å². The second-order valence-corrected chi connectivity index (χ2v) is 6.45. The van der Waals surface area contributed by atoms with E-state index in [1.165, 1.54) is 21.1 Å². The molecule has 0 spiro atoms. The summed E-state index contributed by atoms with van der Waals surface area (Å²) in [7, 11) is -0.681. The first-order valence-electron chi connectivity index (χ1n) is 6.29. The minimum absolute atomic E-state index is 0.119. The lowest BCUT2D eigenvalue weighted by Crippen LogP contribution is -2.07. The van der Waals surface area contributed by atoms with Gasteiger partial charge in [-0.2, -0.15) is 0 Å². The summed E-state index contributed by atoms with van der Waals surface area (Å²) in [4.78, 5) is 22.0. The Hall–Kier alpha value is -0.710. The Morgan fingerprint density at radius 2 is 1.58 bits per heavy atom. The number of unbranched alkanes of at least 4 members (excludes halogenated alkanes) is 3. The average Bonchev–Trinajstić information content (AvgIpc) is 2.37. The van der Waals surface area contributed by atoms with Gasteiger partial charge in [-0.15, -0.1) is 0 Å². The van der Waals surface area contributed by atoms with Crippen LogP contribution in [0.5, 0.6) is 0 Å². The molecule has 0 aromatic rings. The molecule has 0 saturated heterocycles. The summed E-state index contributed by atoms with van der Waals surface area (Å²) < 4.78 is 25.9. The molecule has 0 bridgehead atoms. The molecule has 0 unspecified atom stereocenters. The smallest absolute Gasteiger partial charge is 0.337 e. The lowest BCUT2D eigenvalue weighted by Gasteiger charge is -2.12. The largest absolute Gasteiger partial charge is 0.466 e. The molecule has 0 aliphatic heterocycles. The summed E-state index contributed by atoms with van der Waals surface area (Å²) in [6.07, 6.45) is 3.48. The topological polar surface area (TPSA) is 78.9 Å². The quantitative estimate of drug-likeness (QED) is 0.331. The van der Waals surface area contributed by atoms with Crippen LogP contribution in [0.15, 0.2) is 0 Å². The van der Waals surface area contributed by atoms with E-state index in [0.29, 0.717) is 13.0 Å². The van der Waals surface area contributed by atoms with Gasteiger partial charge in [-0.3, -0.25) is 14.2 Å². The molecule has 0 aromatic heterocycles. The minimum atomic E-state index is -3.22. The zero-order chi connectivity index (χ0) is 14.7. The molecule has 0 rings (SSSR count). The molecule has 6 nitrogen and oxygen atoms in total. The molecule has 0 aliphatic rings. The zero-order valence-electron chi connectivity index (χ0n) is 11.8. The molecule has 19 heavy (non-hydrogen) atoms. The average molecular weight is 294 g/mol. The molecule has 0 heterocycles. The van der Waals surface area contributed by atoms with Crippen molar-refractivity contribution >= 4 is 19.3 Å². The summed E-state index contributed by atoms with van der Waals surface area (Å²) in [5.74, 6) is -0.392. The fraction of sp³-hybridized carbons (Fsp3) is 0.833. The Balaban J connectivity index is 3.59. The number of hydrogen-bond acceptors (Lipinski definition) is 6. The number of carbonyl (C=O) groups excluding carboxylic acids is 2. The van der Waals surface area contributed by atoms with Crippen LogP contribution in [-0.4, -0.2) is 38.7 Å². The first kappa shape index (κ1) is 18.3. The molecule has 0 aromatic carbocycles. The maximum atomic E-state index is 11.7. The van der Waals surface area contributed by atoms with E-state index in [2.05, 4.69) is 0 Å². The van der Waals surface area contributed by atoms with E-state index < -0.39 is 7.60 Å². The summed E-state index contributed by atoms with van der Waals surface area (Å²) in [5.41, 5.74) is 0. The van der Waals surface area contributed by atoms with E-state index in [1.807, 2.05) is 0 Å². The van der Waals surface area contributed by atoms with E-state index in [9.17, 15) is 14.2 Å². The SMILES string of the molecule is COP(=O)(CC(=O)CCCCCCOC(C)=O)OC. The molecule has 7 heteroatoms. The monoisotopic (exact) mass is 294 g/mol. The third-order valence-corrected chi connectivity index (χ3v) is 4.43. The molecule has 0 N–H and O–H groups in total. The number of esters is 1. The number of ketones is 1. The Labute approximate surface area is 114 Å². The first-order valence-corrected chi connectivity index (χ1v) is 8.02. The van der Waals surface area contributed by atoms with Crippen LogP contribution in [0, 0.1) is 0 Å². The van der Waals surface area contributed by atoms with Crippen LogP contribution in [0.4, 0.5) is 0 Å². The van der Waals surface area contributed by atoms with E-state index in [-0.39, 0.29) is 17.9 Å². The summed E-state index contributed by atoms with van der Waals surface area (Å²) >= 11 is 0. The van der Waals surface area contributed by atoms with Gasteiger partial charge in [0, 0.05) is 27.6 Å². The van der Waals surface area contributed by atoms with Crippen molar-refractivity contribution in [1.29, 1.82) is 0 Å². The molecule has 0 amide bonds. The second kappa shape index (κ2) is 10.1. The van der Waals surface area contributed by atoms with Crippen molar-refractivity contribution in [2.24, 2.45) is 0 Å². The van der Waals surface area contributed by atoms with Crippen molar-refractivity contribution in [2.45, 2.75) is 39.0 Å². The van der Waals surface area contributed by atoms with E-state index in [1.54, 1.807) is 0 Å². The number of ether oxygens (including phenoxy) is 1. The molecule has 0 radical (unpaired) electrons. The van der Waals surface area contributed by atoms with E-state index in [0.717, 1.165) is 25.7 Å². The van der Waals surface area contributed by atoms with Crippen molar-refractivity contribution in [3.8, 4) is 0 Å². The van der Waals surface area contributed by atoms with E-state index in [4.69, 9.17) is 13.8 Å². The Kier molecular flexibility index (Phi) is 9.74. The Bertz CT molecular complexity index is 320. The fourth-order valence-corrected chi connectivity index (χ4v) is 2.49. The summed E-state index contributed by atoms with van der Waals surface area (Å²) in [6.45, 7) is 1.80. The highest BCUT2D eigenvalue weighted by Crippen LogP contribution is 2.46. The highest BCUT2D eigenvalue weighted by atomic mass is 31.2. The molecular weight excluding hydrogens is 271 g/mol. The lowest BCUT2D eigenvalue weighted by molar-refractivity contribution is -0.141. The number of rotatable bonds is 11. The first-order chi connectivity index (χ1) is 8.93. The fourth-order valence-electron chi connectivity index (χ4n) is 1.49. The number of carbonyl (C=O) groups is 2. The Morgan fingerprint density at radius 3 is 2.11 bits per heavy atom. The highest BCUT2D eigenvalue weighted by molar-refractivity contribution is 7.54. The zero-order valence-corrected chi connectivity index (χ0v) is 12.7. The van der Waals surface area contributed by atoms with Gasteiger partial charge in [0.15, 0.2) is 0 Å².